The zero-order chi connectivity index (χ0) is 14.8. The molecule has 1 aliphatic rings. The van der Waals surface area contributed by atoms with E-state index in [4.69, 9.17) is 9.47 Å². The maximum Gasteiger partial charge on any atom is 0.339 e. The van der Waals surface area contributed by atoms with Crippen LogP contribution in [0, 0.1) is 6.92 Å². The second-order valence-corrected chi connectivity index (χ2v) is 5.12. The smallest absolute Gasteiger partial charge is 0.339 e. The molecule has 0 bridgehead atoms. The molecule has 0 fully saturated rings. The van der Waals surface area contributed by atoms with Crippen molar-refractivity contribution >= 4 is 12.0 Å². The quantitative estimate of drug-likeness (QED) is 0.479. The van der Waals surface area contributed by atoms with Crippen LogP contribution in [0.2, 0.25) is 0 Å². The zero-order valence-electron chi connectivity index (χ0n) is 12.1. The van der Waals surface area contributed by atoms with Gasteiger partial charge >= 0.3 is 5.97 Å². The molecule has 3 heteroatoms. The summed E-state index contributed by atoms with van der Waals surface area (Å²) in [5, 5.41) is 0. The summed E-state index contributed by atoms with van der Waals surface area (Å²) >= 11 is 0. The molecular weight excluding hydrogens is 264 g/mol. The van der Waals surface area contributed by atoms with Crippen molar-refractivity contribution in [3.05, 3.63) is 64.7 Å². The molecule has 0 atom stereocenters. The summed E-state index contributed by atoms with van der Waals surface area (Å²) in [7, 11) is 1.62. The molecule has 0 saturated heterocycles. The number of hydrogen-bond donors (Lipinski definition) is 0. The molecule has 0 amide bonds. The van der Waals surface area contributed by atoms with E-state index in [2.05, 4.69) is 0 Å². The first kappa shape index (κ1) is 13.4. The molecule has 0 aliphatic carbocycles. The standard InChI is InChI=1S/C18H16O3/c1-12-3-5-13(6-4-12)9-15-10-14-11-16(20-2)7-8-17(14)21-18(15)19/h3-9,11H,10H2,1-2H3/b15-9+. The van der Waals surface area contributed by atoms with E-state index < -0.39 is 0 Å². The number of carbonyl (C=O) groups is 1. The second-order valence-electron chi connectivity index (χ2n) is 5.12. The van der Waals surface area contributed by atoms with Crippen molar-refractivity contribution in [3.63, 3.8) is 0 Å². The molecule has 3 rings (SSSR count). The van der Waals surface area contributed by atoms with Gasteiger partial charge in [0.15, 0.2) is 0 Å². The molecule has 3 nitrogen and oxygen atoms in total. The number of fused-ring (bicyclic) bond motifs is 1. The van der Waals surface area contributed by atoms with E-state index in [1.54, 1.807) is 19.2 Å². The van der Waals surface area contributed by atoms with Gasteiger partial charge in [0.25, 0.3) is 0 Å². The highest BCUT2D eigenvalue weighted by Gasteiger charge is 2.22. The maximum atomic E-state index is 12.1. The van der Waals surface area contributed by atoms with Crippen molar-refractivity contribution in [2.45, 2.75) is 13.3 Å². The fourth-order valence-corrected chi connectivity index (χ4v) is 2.34. The lowest BCUT2D eigenvalue weighted by Crippen LogP contribution is -2.19. The van der Waals surface area contributed by atoms with Gasteiger partial charge < -0.3 is 9.47 Å². The van der Waals surface area contributed by atoms with Gasteiger partial charge in [-0.1, -0.05) is 29.8 Å². The summed E-state index contributed by atoms with van der Waals surface area (Å²) < 4.78 is 10.6. The molecule has 1 heterocycles. The Hall–Kier alpha value is -2.55. The third-order valence-electron chi connectivity index (χ3n) is 3.53. The first-order chi connectivity index (χ1) is 10.2. The van der Waals surface area contributed by atoms with Crippen LogP contribution in [0.15, 0.2) is 48.0 Å². The van der Waals surface area contributed by atoms with Gasteiger partial charge in [-0.3, -0.25) is 0 Å². The van der Waals surface area contributed by atoms with Crippen LogP contribution in [-0.4, -0.2) is 13.1 Å². The topological polar surface area (TPSA) is 35.5 Å². The number of methoxy groups -OCH3 is 1. The van der Waals surface area contributed by atoms with Gasteiger partial charge in [-0.15, -0.1) is 0 Å². The lowest BCUT2D eigenvalue weighted by molar-refractivity contribution is -0.130. The minimum Gasteiger partial charge on any atom is -0.497 e. The van der Waals surface area contributed by atoms with E-state index in [-0.39, 0.29) is 5.97 Å². The lowest BCUT2D eigenvalue weighted by atomic mass is 9.99. The molecule has 0 radical (unpaired) electrons. The minimum atomic E-state index is -0.284. The Bertz CT molecular complexity index is 712. The number of rotatable bonds is 2. The summed E-state index contributed by atoms with van der Waals surface area (Å²) in [6.07, 6.45) is 2.43. The van der Waals surface area contributed by atoms with Crippen LogP contribution < -0.4 is 9.47 Å². The van der Waals surface area contributed by atoms with Crippen LogP contribution in [0.4, 0.5) is 0 Å². The molecule has 0 spiro atoms. The van der Waals surface area contributed by atoms with E-state index in [1.165, 1.54) is 5.56 Å². The molecule has 2 aromatic rings. The summed E-state index contributed by atoms with van der Waals surface area (Å²) in [6, 6.07) is 13.5. The SMILES string of the molecule is COc1ccc2c(c1)C/C(=C\c1ccc(C)cc1)C(=O)O2. The van der Waals surface area contributed by atoms with Crippen molar-refractivity contribution in [2.24, 2.45) is 0 Å². The van der Waals surface area contributed by atoms with Gasteiger partial charge in [0.05, 0.1) is 7.11 Å². The van der Waals surface area contributed by atoms with Crippen LogP contribution in [-0.2, 0) is 11.2 Å². The molecular formula is C18H16O3. The van der Waals surface area contributed by atoms with E-state index in [1.807, 2.05) is 43.3 Å². The summed E-state index contributed by atoms with van der Waals surface area (Å²) in [6.45, 7) is 2.04. The summed E-state index contributed by atoms with van der Waals surface area (Å²) in [5.41, 5.74) is 3.81. The van der Waals surface area contributed by atoms with Crippen molar-refractivity contribution in [1.29, 1.82) is 0 Å². The number of esters is 1. The Morgan fingerprint density at radius 1 is 1.14 bits per heavy atom. The fourth-order valence-electron chi connectivity index (χ4n) is 2.34. The van der Waals surface area contributed by atoms with Crippen LogP contribution in [0.1, 0.15) is 16.7 Å². The average Bonchev–Trinajstić information content (AvgIpc) is 2.50. The van der Waals surface area contributed by atoms with E-state index in [9.17, 15) is 4.79 Å². The molecule has 2 aromatic carbocycles. The van der Waals surface area contributed by atoms with Gasteiger partial charge in [-0.05, 0) is 36.8 Å². The molecule has 1 aliphatic heterocycles. The van der Waals surface area contributed by atoms with Gasteiger partial charge in [-0.25, -0.2) is 4.79 Å². The summed E-state index contributed by atoms with van der Waals surface area (Å²) in [5.74, 6) is 1.09. The van der Waals surface area contributed by atoms with Crippen LogP contribution in [0.3, 0.4) is 0 Å². The second kappa shape index (κ2) is 5.44. The van der Waals surface area contributed by atoms with E-state index in [0.717, 1.165) is 16.9 Å². The van der Waals surface area contributed by atoms with Gasteiger partial charge in [0.2, 0.25) is 0 Å². The zero-order valence-corrected chi connectivity index (χ0v) is 12.1. The Balaban J connectivity index is 1.93. The molecule has 0 saturated carbocycles. The number of benzene rings is 2. The van der Waals surface area contributed by atoms with E-state index in [0.29, 0.717) is 17.7 Å². The van der Waals surface area contributed by atoms with Gasteiger partial charge in [0.1, 0.15) is 11.5 Å². The van der Waals surface area contributed by atoms with Gasteiger partial charge in [-0.2, -0.15) is 0 Å². The highest BCUT2D eigenvalue weighted by atomic mass is 16.5. The molecule has 0 aromatic heterocycles. The molecule has 21 heavy (non-hydrogen) atoms. The van der Waals surface area contributed by atoms with Crippen molar-refractivity contribution in [3.8, 4) is 11.5 Å². The minimum absolute atomic E-state index is 0.284. The normalized spacial score (nSPS) is 15.5. The maximum absolute atomic E-state index is 12.1. The van der Waals surface area contributed by atoms with Gasteiger partial charge in [0, 0.05) is 17.6 Å². The Morgan fingerprint density at radius 2 is 1.90 bits per heavy atom. The predicted octanol–water partition coefficient (Wildman–Crippen LogP) is 3.55. The molecule has 106 valence electrons. The number of hydrogen-bond acceptors (Lipinski definition) is 3. The number of aryl methyl sites for hydroxylation is 1. The van der Waals surface area contributed by atoms with E-state index >= 15 is 0 Å². The molecule has 0 unspecified atom stereocenters. The monoisotopic (exact) mass is 280 g/mol. The Labute approximate surface area is 123 Å². The highest BCUT2D eigenvalue weighted by molar-refractivity contribution is 5.97. The van der Waals surface area contributed by atoms with Crippen molar-refractivity contribution in [2.75, 3.05) is 7.11 Å². The Morgan fingerprint density at radius 3 is 2.62 bits per heavy atom. The highest BCUT2D eigenvalue weighted by Crippen LogP contribution is 2.31. The lowest BCUT2D eigenvalue weighted by Gasteiger charge is -2.18. The third kappa shape index (κ3) is 2.82. The first-order valence-electron chi connectivity index (χ1n) is 6.82. The van der Waals surface area contributed by atoms with Crippen molar-refractivity contribution < 1.29 is 14.3 Å². The van der Waals surface area contributed by atoms with Crippen LogP contribution in [0.25, 0.3) is 6.08 Å². The number of ether oxygens (including phenoxy) is 2. The van der Waals surface area contributed by atoms with Crippen molar-refractivity contribution in [1.82, 2.24) is 0 Å². The van der Waals surface area contributed by atoms with Crippen LogP contribution >= 0.6 is 0 Å². The van der Waals surface area contributed by atoms with Crippen LogP contribution in [0.5, 0.6) is 11.5 Å². The summed E-state index contributed by atoms with van der Waals surface area (Å²) in [4.78, 5) is 12.1. The number of carbonyl (C=O) groups excluding carboxylic acids is 1. The average molecular weight is 280 g/mol. The first-order valence-corrected chi connectivity index (χ1v) is 6.82. The largest absolute Gasteiger partial charge is 0.497 e. The molecule has 0 N–H and O–H groups in total. The predicted molar refractivity (Wildman–Crippen MR) is 81.5 cm³/mol. The fraction of sp³-hybridized carbons (Fsp3) is 0.167. The Kier molecular flexibility index (Phi) is 3.48. The third-order valence-corrected chi connectivity index (χ3v) is 3.53.